The normalized spacial score (nSPS) is 13.0. The van der Waals surface area contributed by atoms with Crippen LogP contribution in [0.2, 0.25) is 0 Å². The van der Waals surface area contributed by atoms with E-state index in [1.54, 1.807) is 7.11 Å². The van der Waals surface area contributed by atoms with Crippen LogP contribution < -0.4 is 0 Å². The molecule has 0 radical (unpaired) electrons. The van der Waals surface area contributed by atoms with E-state index in [1.165, 1.54) is 0 Å². The van der Waals surface area contributed by atoms with Crippen molar-refractivity contribution in [3.63, 3.8) is 0 Å². The van der Waals surface area contributed by atoms with Crippen molar-refractivity contribution >= 4 is 15.9 Å². The largest absolute Gasteiger partial charge is 0.387 e. The van der Waals surface area contributed by atoms with E-state index in [1.807, 2.05) is 31.3 Å². The van der Waals surface area contributed by atoms with Crippen LogP contribution in [0.1, 0.15) is 18.1 Å². The first kappa shape index (κ1) is 14.6. The first-order valence-corrected chi connectivity index (χ1v) is 6.54. The third-order valence-corrected chi connectivity index (χ3v) is 3.16. The number of ether oxygens (including phenoxy) is 1. The van der Waals surface area contributed by atoms with Crippen LogP contribution in [0, 0.1) is 0 Å². The summed E-state index contributed by atoms with van der Waals surface area (Å²) >= 11 is 3.38. The molecule has 17 heavy (non-hydrogen) atoms. The highest BCUT2D eigenvalue weighted by Gasteiger charge is 2.10. The maximum Gasteiger partial charge on any atom is 0.0916 e. The van der Waals surface area contributed by atoms with Crippen molar-refractivity contribution in [2.75, 3.05) is 33.9 Å². The zero-order valence-corrected chi connectivity index (χ0v) is 12.0. The Hall–Kier alpha value is -0.420. The lowest BCUT2D eigenvalue weighted by molar-refractivity contribution is 0.117. The van der Waals surface area contributed by atoms with Crippen LogP contribution in [-0.2, 0) is 4.74 Å². The molecule has 1 unspecified atom stereocenters. The fourth-order valence-corrected chi connectivity index (χ4v) is 1.92. The summed E-state index contributed by atoms with van der Waals surface area (Å²) in [5.74, 6) is 0. The molecule has 0 amide bonds. The van der Waals surface area contributed by atoms with Crippen LogP contribution in [-0.4, -0.2) is 43.9 Å². The second kappa shape index (κ2) is 7.82. The summed E-state index contributed by atoms with van der Waals surface area (Å²) in [6.45, 7) is 2.34. The molecule has 0 bridgehead atoms. The van der Waals surface area contributed by atoms with Gasteiger partial charge < -0.3 is 14.7 Å². The van der Waals surface area contributed by atoms with Gasteiger partial charge in [0.25, 0.3) is 0 Å². The molecule has 0 aliphatic rings. The number of aliphatic hydroxyl groups is 1. The Morgan fingerprint density at radius 2 is 2.00 bits per heavy atom. The predicted molar refractivity (Wildman–Crippen MR) is 73.1 cm³/mol. The SMILES string of the molecule is COCCCN(C)CC(O)c1ccc(Br)cc1. The summed E-state index contributed by atoms with van der Waals surface area (Å²) in [6.07, 6.45) is 0.552. The van der Waals surface area contributed by atoms with Crippen molar-refractivity contribution in [1.29, 1.82) is 0 Å². The Morgan fingerprint density at radius 1 is 1.35 bits per heavy atom. The van der Waals surface area contributed by atoms with Gasteiger partial charge in [0.1, 0.15) is 0 Å². The maximum atomic E-state index is 10.1. The summed E-state index contributed by atoms with van der Waals surface area (Å²) in [5.41, 5.74) is 0.951. The molecular formula is C13H20BrNO2. The van der Waals surface area contributed by atoms with Gasteiger partial charge >= 0.3 is 0 Å². The van der Waals surface area contributed by atoms with Crippen molar-refractivity contribution in [3.05, 3.63) is 34.3 Å². The highest BCUT2D eigenvalue weighted by molar-refractivity contribution is 9.10. The van der Waals surface area contributed by atoms with E-state index in [2.05, 4.69) is 20.8 Å². The average Bonchev–Trinajstić information content (AvgIpc) is 2.30. The summed E-state index contributed by atoms with van der Waals surface area (Å²) in [5, 5.41) is 10.1. The van der Waals surface area contributed by atoms with Gasteiger partial charge in [0, 0.05) is 31.3 Å². The maximum absolute atomic E-state index is 10.1. The number of hydrogen-bond acceptors (Lipinski definition) is 3. The molecular weight excluding hydrogens is 282 g/mol. The minimum absolute atomic E-state index is 0.435. The Bertz CT molecular complexity index is 316. The Kier molecular flexibility index (Phi) is 6.73. The lowest BCUT2D eigenvalue weighted by Gasteiger charge is -2.20. The van der Waals surface area contributed by atoms with Gasteiger partial charge in [-0.2, -0.15) is 0 Å². The molecule has 0 saturated carbocycles. The van der Waals surface area contributed by atoms with E-state index in [-0.39, 0.29) is 0 Å². The van der Waals surface area contributed by atoms with Crippen LogP contribution in [0.4, 0.5) is 0 Å². The number of methoxy groups -OCH3 is 1. The number of rotatable bonds is 7. The fraction of sp³-hybridized carbons (Fsp3) is 0.538. The number of hydrogen-bond donors (Lipinski definition) is 1. The summed E-state index contributed by atoms with van der Waals surface area (Å²) in [4.78, 5) is 2.12. The van der Waals surface area contributed by atoms with Crippen molar-refractivity contribution < 1.29 is 9.84 Å². The monoisotopic (exact) mass is 301 g/mol. The summed E-state index contributed by atoms with van der Waals surface area (Å²) < 4.78 is 6.03. The van der Waals surface area contributed by atoms with Gasteiger partial charge in [-0.1, -0.05) is 28.1 Å². The highest BCUT2D eigenvalue weighted by Crippen LogP contribution is 2.17. The smallest absolute Gasteiger partial charge is 0.0916 e. The molecule has 0 fully saturated rings. The second-order valence-electron chi connectivity index (χ2n) is 4.18. The predicted octanol–water partition coefficient (Wildman–Crippen LogP) is 2.45. The van der Waals surface area contributed by atoms with E-state index < -0.39 is 6.10 Å². The summed E-state index contributed by atoms with van der Waals surface area (Å²) in [7, 11) is 3.72. The van der Waals surface area contributed by atoms with Gasteiger partial charge in [0.2, 0.25) is 0 Å². The lowest BCUT2D eigenvalue weighted by Crippen LogP contribution is -2.26. The Balaban J connectivity index is 2.37. The third kappa shape index (κ3) is 5.64. The number of likely N-dealkylation sites (N-methyl/N-ethyl adjacent to an activating group) is 1. The fourth-order valence-electron chi connectivity index (χ4n) is 1.66. The number of halogens is 1. The number of benzene rings is 1. The van der Waals surface area contributed by atoms with Crippen LogP contribution in [0.3, 0.4) is 0 Å². The highest BCUT2D eigenvalue weighted by atomic mass is 79.9. The number of aliphatic hydroxyl groups excluding tert-OH is 1. The molecule has 0 saturated heterocycles. The summed E-state index contributed by atoms with van der Waals surface area (Å²) in [6, 6.07) is 7.78. The van der Waals surface area contributed by atoms with Crippen LogP contribution in [0.15, 0.2) is 28.7 Å². The average molecular weight is 302 g/mol. The lowest BCUT2D eigenvalue weighted by atomic mass is 10.1. The molecule has 0 spiro atoms. The van der Waals surface area contributed by atoms with Crippen molar-refractivity contribution in [2.45, 2.75) is 12.5 Å². The molecule has 0 aliphatic heterocycles. The minimum atomic E-state index is -0.435. The van der Waals surface area contributed by atoms with Gasteiger partial charge in [-0.25, -0.2) is 0 Å². The van der Waals surface area contributed by atoms with Crippen molar-refractivity contribution in [2.24, 2.45) is 0 Å². The van der Waals surface area contributed by atoms with Crippen LogP contribution >= 0.6 is 15.9 Å². The Labute approximate surface area is 112 Å². The van der Waals surface area contributed by atoms with E-state index >= 15 is 0 Å². The molecule has 3 nitrogen and oxygen atoms in total. The molecule has 1 rings (SSSR count). The molecule has 1 N–H and O–H groups in total. The topological polar surface area (TPSA) is 32.7 Å². The zero-order valence-electron chi connectivity index (χ0n) is 10.4. The molecule has 0 aliphatic carbocycles. The zero-order chi connectivity index (χ0) is 12.7. The van der Waals surface area contributed by atoms with Crippen molar-refractivity contribution in [1.82, 2.24) is 4.90 Å². The first-order valence-electron chi connectivity index (χ1n) is 5.74. The van der Waals surface area contributed by atoms with Crippen LogP contribution in [0.5, 0.6) is 0 Å². The minimum Gasteiger partial charge on any atom is -0.387 e. The standard InChI is InChI=1S/C13H20BrNO2/c1-15(8-3-9-17-2)10-13(16)11-4-6-12(14)7-5-11/h4-7,13,16H,3,8-10H2,1-2H3. The van der Waals surface area contributed by atoms with E-state index in [0.29, 0.717) is 6.54 Å². The molecule has 1 aromatic carbocycles. The third-order valence-electron chi connectivity index (χ3n) is 2.63. The van der Waals surface area contributed by atoms with E-state index in [4.69, 9.17) is 4.74 Å². The van der Waals surface area contributed by atoms with Gasteiger partial charge in [0.05, 0.1) is 6.10 Å². The first-order chi connectivity index (χ1) is 8.13. The van der Waals surface area contributed by atoms with Gasteiger partial charge in [-0.3, -0.25) is 0 Å². The van der Waals surface area contributed by atoms with Gasteiger partial charge in [-0.15, -0.1) is 0 Å². The second-order valence-corrected chi connectivity index (χ2v) is 5.09. The van der Waals surface area contributed by atoms with Gasteiger partial charge in [0.15, 0.2) is 0 Å². The molecule has 96 valence electrons. The molecule has 4 heteroatoms. The van der Waals surface area contributed by atoms with Crippen molar-refractivity contribution in [3.8, 4) is 0 Å². The van der Waals surface area contributed by atoms with Gasteiger partial charge in [-0.05, 0) is 31.2 Å². The molecule has 0 heterocycles. The Morgan fingerprint density at radius 3 is 2.59 bits per heavy atom. The van der Waals surface area contributed by atoms with Crippen LogP contribution in [0.25, 0.3) is 0 Å². The number of nitrogens with zero attached hydrogens (tertiary/aromatic N) is 1. The molecule has 1 aromatic rings. The molecule has 1 atom stereocenters. The quantitative estimate of drug-likeness (QED) is 0.785. The van der Waals surface area contributed by atoms with E-state index in [9.17, 15) is 5.11 Å². The molecule has 0 aromatic heterocycles. The van der Waals surface area contributed by atoms with E-state index in [0.717, 1.165) is 29.6 Å².